The Balaban J connectivity index is 2.05. The van der Waals surface area contributed by atoms with Crippen LogP contribution in [0.5, 0.6) is 0 Å². The molecule has 0 aromatic heterocycles. The maximum atomic E-state index is 12.5. The summed E-state index contributed by atoms with van der Waals surface area (Å²) in [4.78, 5) is 36.7. The molecule has 0 radical (unpaired) electrons. The standard InChI is InChI=1S/C19H25ClN2O4/c1-11(26-18(25)22-19(2,3)4)15(23)10-12-6-5-7-14(20)16(12)17(24)21-13-8-9-13/h5-7,11,13H,8-10H2,1-4H3,(H,21,24)(H,22,25)/t11-/m0/s1. The van der Waals surface area contributed by atoms with Gasteiger partial charge in [0.1, 0.15) is 0 Å². The van der Waals surface area contributed by atoms with Crippen molar-refractivity contribution >= 4 is 29.4 Å². The van der Waals surface area contributed by atoms with Gasteiger partial charge in [-0.25, -0.2) is 4.79 Å². The number of nitrogens with one attached hydrogen (secondary N) is 2. The number of benzene rings is 1. The molecular weight excluding hydrogens is 356 g/mol. The van der Waals surface area contributed by atoms with Gasteiger partial charge in [0.25, 0.3) is 5.91 Å². The molecule has 1 aliphatic rings. The number of carbonyl (C=O) groups is 3. The van der Waals surface area contributed by atoms with Crippen molar-refractivity contribution in [2.24, 2.45) is 0 Å². The maximum absolute atomic E-state index is 12.5. The van der Waals surface area contributed by atoms with Crippen molar-refractivity contribution in [3.63, 3.8) is 0 Å². The molecule has 1 fully saturated rings. The van der Waals surface area contributed by atoms with Crippen LogP contribution in [0.3, 0.4) is 0 Å². The van der Waals surface area contributed by atoms with Crippen LogP contribution in [0.25, 0.3) is 0 Å². The minimum Gasteiger partial charge on any atom is -0.439 e. The number of ether oxygens (including phenoxy) is 1. The van der Waals surface area contributed by atoms with Crippen LogP contribution in [0, 0.1) is 0 Å². The number of carbonyl (C=O) groups excluding carboxylic acids is 3. The topological polar surface area (TPSA) is 84.5 Å². The molecule has 1 aliphatic carbocycles. The molecule has 2 amide bonds. The van der Waals surface area contributed by atoms with E-state index in [9.17, 15) is 14.4 Å². The van der Waals surface area contributed by atoms with E-state index in [0.717, 1.165) is 12.8 Å². The van der Waals surface area contributed by atoms with Gasteiger partial charge in [-0.2, -0.15) is 0 Å². The van der Waals surface area contributed by atoms with Gasteiger partial charge >= 0.3 is 6.09 Å². The molecule has 26 heavy (non-hydrogen) atoms. The lowest BCUT2D eigenvalue weighted by Gasteiger charge is -2.22. The number of amides is 2. The lowest BCUT2D eigenvalue weighted by molar-refractivity contribution is -0.125. The first-order valence-corrected chi connectivity index (χ1v) is 9.04. The maximum Gasteiger partial charge on any atom is 0.408 e. The molecule has 142 valence electrons. The second kappa shape index (κ2) is 8.08. The zero-order valence-corrected chi connectivity index (χ0v) is 16.3. The largest absolute Gasteiger partial charge is 0.439 e. The van der Waals surface area contributed by atoms with Gasteiger partial charge in [-0.1, -0.05) is 23.7 Å². The van der Waals surface area contributed by atoms with Crippen LogP contribution in [0.4, 0.5) is 4.79 Å². The first-order valence-electron chi connectivity index (χ1n) is 8.66. The summed E-state index contributed by atoms with van der Waals surface area (Å²) < 4.78 is 5.13. The molecule has 0 aliphatic heterocycles. The molecule has 2 N–H and O–H groups in total. The van der Waals surface area contributed by atoms with Gasteiger partial charge in [0.05, 0.1) is 10.6 Å². The zero-order chi connectivity index (χ0) is 19.5. The van der Waals surface area contributed by atoms with Gasteiger partial charge in [0, 0.05) is 18.0 Å². The van der Waals surface area contributed by atoms with Gasteiger partial charge in [-0.3, -0.25) is 9.59 Å². The number of hydrogen-bond acceptors (Lipinski definition) is 4. The van der Waals surface area contributed by atoms with E-state index in [-0.39, 0.29) is 24.2 Å². The molecular formula is C19H25ClN2O4. The third-order valence-corrected chi connectivity index (χ3v) is 4.13. The SMILES string of the molecule is C[C@H](OC(=O)NC(C)(C)C)C(=O)Cc1cccc(Cl)c1C(=O)NC1CC1. The predicted octanol–water partition coefficient (Wildman–Crippen LogP) is 3.26. The van der Waals surface area contributed by atoms with E-state index in [0.29, 0.717) is 16.1 Å². The van der Waals surface area contributed by atoms with E-state index in [1.54, 1.807) is 18.2 Å². The molecule has 0 bridgehead atoms. The van der Waals surface area contributed by atoms with Crippen LogP contribution in [-0.4, -0.2) is 35.5 Å². The Hall–Kier alpha value is -2.08. The van der Waals surface area contributed by atoms with E-state index in [4.69, 9.17) is 16.3 Å². The highest BCUT2D eigenvalue weighted by Crippen LogP contribution is 2.24. The number of hydrogen-bond donors (Lipinski definition) is 2. The van der Waals surface area contributed by atoms with Crippen LogP contribution in [0.15, 0.2) is 18.2 Å². The average Bonchev–Trinajstić information content (AvgIpc) is 3.28. The Bertz CT molecular complexity index is 708. The van der Waals surface area contributed by atoms with Crippen molar-refractivity contribution < 1.29 is 19.1 Å². The third-order valence-electron chi connectivity index (χ3n) is 3.82. The fourth-order valence-electron chi connectivity index (χ4n) is 2.35. The molecule has 0 spiro atoms. The normalized spacial score (nSPS) is 15.1. The fourth-order valence-corrected chi connectivity index (χ4v) is 2.63. The minimum absolute atomic E-state index is 0.0437. The number of halogens is 1. The van der Waals surface area contributed by atoms with Crippen molar-refractivity contribution in [2.45, 2.75) is 64.6 Å². The lowest BCUT2D eigenvalue weighted by Crippen LogP contribution is -2.43. The molecule has 0 unspecified atom stereocenters. The van der Waals surface area contributed by atoms with E-state index >= 15 is 0 Å². The molecule has 1 aromatic rings. The van der Waals surface area contributed by atoms with Gasteiger partial charge in [-0.05, 0) is 52.2 Å². The van der Waals surface area contributed by atoms with Crippen molar-refractivity contribution in [1.82, 2.24) is 10.6 Å². The summed E-state index contributed by atoms with van der Waals surface area (Å²) >= 11 is 6.18. The smallest absolute Gasteiger partial charge is 0.408 e. The summed E-state index contributed by atoms with van der Waals surface area (Å²) in [5.41, 5.74) is 0.369. The predicted molar refractivity (Wildman–Crippen MR) is 99.5 cm³/mol. The molecule has 2 rings (SSSR count). The van der Waals surface area contributed by atoms with Crippen molar-refractivity contribution in [1.29, 1.82) is 0 Å². The summed E-state index contributed by atoms with van der Waals surface area (Å²) in [6.07, 6.45) is 0.279. The molecule has 1 atom stereocenters. The summed E-state index contributed by atoms with van der Waals surface area (Å²) in [5.74, 6) is -0.586. The highest BCUT2D eigenvalue weighted by atomic mass is 35.5. The highest BCUT2D eigenvalue weighted by Gasteiger charge is 2.27. The van der Waals surface area contributed by atoms with Crippen LogP contribution in [-0.2, 0) is 16.0 Å². The van der Waals surface area contributed by atoms with Crippen LogP contribution in [0.2, 0.25) is 5.02 Å². The van der Waals surface area contributed by atoms with Gasteiger partial charge in [-0.15, -0.1) is 0 Å². The Morgan fingerprint density at radius 2 is 1.92 bits per heavy atom. The molecule has 0 saturated heterocycles. The van der Waals surface area contributed by atoms with E-state index in [1.807, 2.05) is 20.8 Å². The van der Waals surface area contributed by atoms with Crippen LogP contribution in [0.1, 0.15) is 56.5 Å². The van der Waals surface area contributed by atoms with E-state index < -0.39 is 17.7 Å². The molecule has 7 heteroatoms. The summed E-state index contributed by atoms with van der Waals surface area (Å²) in [5, 5.41) is 5.82. The van der Waals surface area contributed by atoms with Crippen LogP contribution < -0.4 is 10.6 Å². The summed E-state index contributed by atoms with van der Waals surface area (Å²) in [7, 11) is 0. The lowest BCUT2D eigenvalue weighted by atomic mass is 9.99. The minimum atomic E-state index is -0.935. The van der Waals surface area contributed by atoms with Gasteiger partial charge < -0.3 is 15.4 Å². The number of rotatable bonds is 6. The van der Waals surface area contributed by atoms with Crippen LogP contribution >= 0.6 is 11.6 Å². The van der Waals surface area contributed by atoms with Crippen molar-refractivity contribution in [3.8, 4) is 0 Å². The zero-order valence-electron chi connectivity index (χ0n) is 15.5. The van der Waals surface area contributed by atoms with Gasteiger partial charge in [0.2, 0.25) is 0 Å². The highest BCUT2D eigenvalue weighted by molar-refractivity contribution is 6.34. The third kappa shape index (κ3) is 6.02. The Morgan fingerprint density at radius 3 is 2.50 bits per heavy atom. The molecule has 1 saturated carbocycles. The molecule has 1 aromatic carbocycles. The average molecular weight is 381 g/mol. The first kappa shape index (κ1) is 20.2. The first-order chi connectivity index (χ1) is 12.1. The van der Waals surface area contributed by atoms with Crippen molar-refractivity contribution in [2.75, 3.05) is 0 Å². The Kier molecular flexibility index (Phi) is 6.29. The van der Waals surface area contributed by atoms with Crippen molar-refractivity contribution in [3.05, 3.63) is 34.3 Å². The molecule has 6 nitrogen and oxygen atoms in total. The fraction of sp³-hybridized carbons (Fsp3) is 0.526. The summed E-state index contributed by atoms with van der Waals surface area (Å²) in [6.45, 7) is 6.96. The Labute approximate surface area is 158 Å². The molecule has 0 heterocycles. The van der Waals surface area contributed by atoms with E-state index in [2.05, 4.69) is 10.6 Å². The second-order valence-corrected chi connectivity index (χ2v) is 7.99. The Morgan fingerprint density at radius 1 is 1.27 bits per heavy atom. The second-order valence-electron chi connectivity index (χ2n) is 7.59. The quantitative estimate of drug-likeness (QED) is 0.793. The number of Topliss-reactive ketones (excluding diaryl/α,β-unsaturated/α-hetero) is 1. The monoisotopic (exact) mass is 380 g/mol. The van der Waals surface area contributed by atoms with Gasteiger partial charge in [0.15, 0.2) is 11.9 Å². The summed E-state index contributed by atoms with van der Waals surface area (Å²) in [6, 6.07) is 5.18. The van der Waals surface area contributed by atoms with E-state index in [1.165, 1.54) is 6.92 Å². The number of ketones is 1. The number of alkyl carbamates (subject to hydrolysis) is 1.